The van der Waals surface area contributed by atoms with E-state index in [0.717, 1.165) is 24.1 Å². The van der Waals surface area contributed by atoms with Crippen LogP contribution in [0.3, 0.4) is 0 Å². The maximum absolute atomic E-state index is 12.1. The number of amides is 1. The number of aryl methyl sites for hydroxylation is 3. The van der Waals surface area contributed by atoms with Gasteiger partial charge in [-0.1, -0.05) is 60.2 Å². The smallest absolute Gasteiger partial charge is 0.266 e. The van der Waals surface area contributed by atoms with Crippen molar-refractivity contribution in [2.45, 2.75) is 32.7 Å². The van der Waals surface area contributed by atoms with Gasteiger partial charge in [-0.05, 0) is 31.4 Å². The fraction of sp³-hybridized carbons (Fsp3) is 0.261. The number of aromatic nitrogens is 2. The molecule has 0 aliphatic carbocycles. The van der Waals surface area contributed by atoms with Crippen LogP contribution >= 0.6 is 0 Å². The van der Waals surface area contributed by atoms with E-state index >= 15 is 0 Å². The van der Waals surface area contributed by atoms with Crippen LogP contribution in [0.2, 0.25) is 0 Å². The van der Waals surface area contributed by atoms with Crippen LogP contribution in [0.15, 0.2) is 71.5 Å². The minimum atomic E-state index is -0.201. The van der Waals surface area contributed by atoms with Crippen molar-refractivity contribution in [2.24, 2.45) is 0 Å². The number of hydrogen-bond acceptors (Lipinski definition) is 3. The van der Waals surface area contributed by atoms with Crippen molar-refractivity contribution < 1.29 is 4.79 Å². The van der Waals surface area contributed by atoms with E-state index in [-0.39, 0.29) is 24.4 Å². The molecule has 5 nitrogen and oxygen atoms in total. The zero-order valence-corrected chi connectivity index (χ0v) is 16.1. The molecule has 5 heteroatoms. The predicted molar refractivity (Wildman–Crippen MR) is 111 cm³/mol. The summed E-state index contributed by atoms with van der Waals surface area (Å²) in [4.78, 5) is 24.1. The highest BCUT2D eigenvalue weighted by Crippen LogP contribution is 2.15. The lowest BCUT2D eigenvalue weighted by atomic mass is 10.1. The topological polar surface area (TPSA) is 64.0 Å². The van der Waals surface area contributed by atoms with Gasteiger partial charge in [0.25, 0.3) is 5.56 Å². The zero-order valence-electron chi connectivity index (χ0n) is 16.1. The van der Waals surface area contributed by atoms with Gasteiger partial charge in [-0.15, -0.1) is 0 Å². The van der Waals surface area contributed by atoms with E-state index in [9.17, 15) is 9.59 Å². The van der Waals surface area contributed by atoms with E-state index in [2.05, 4.69) is 22.5 Å². The third-order valence-corrected chi connectivity index (χ3v) is 4.57. The number of carbonyl (C=O) groups is 1. The second kappa shape index (κ2) is 9.65. The normalized spacial score (nSPS) is 10.6. The van der Waals surface area contributed by atoms with Gasteiger partial charge in [0.2, 0.25) is 5.91 Å². The first-order valence-electron chi connectivity index (χ1n) is 9.58. The molecular weight excluding hydrogens is 350 g/mol. The molecule has 0 aliphatic heterocycles. The van der Waals surface area contributed by atoms with Crippen molar-refractivity contribution in [1.29, 1.82) is 0 Å². The Morgan fingerprint density at radius 1 is 1.00 bits per heavy atom. The van der Waals surface area contributed by atoms with E-state index in [0.29, 0.717) is 6.54 Å². The van der Waals surface area contributed by atoms with Gasteiger partial charge >= 0.3 is 0 Å². The quantitative estimate of drug-likeness (QED) is 0.614. The molecule has 0 bridgehead atoms. The number of carbonyl (C=O) groups excluding carboxylic acids is 1. The average molecular weight is 375 g/mol. The Morgan fingerprint density at radius 3 is 2.50 bits per heavy atom. The summed E-state index contributed by atoms with van der Waals surface area (Å²) >= 11 is 0. The van der Waals surface area contributed by atoms with Gasteiger partial charge in [-0.25, -0.2) is 4.68 Å². The minimum Gasteiger partial charge on any atom is -0.356 e. The molecule has 0 fully saturated rings. The Kier molecular flexibility index (Phi) is 6.73. The molecule has 1 aromatic heterocycles. The van der Waals surface area contributed by atoms with Gasteiger partial charge < -0.3 is 5.32 Å². The van der Waals surface area contributed by atoms with Gasteiger partial charge in [0.1, 0.15) is 0 Å². The largest absolute Gasteiger partial charge is 0.356 e. The minimum absolute atomic E-state index is 0.0671. The lowest BCUT2D eigenvalue weighted by molar-refractivity contribution is -0.121. The Hall–Kier alpha value is -3.21. The van der Waals surface area contributed by atoms with Crippen molar-refractivity contribution in [2.75, 3.05) is 6.54 Å². The highest BCUT2D eigenvalue weighted by Gasteiger charge is 2.06. The lowest BCUT2D eigenvalue weighted by Crippen LogP contribution is -2.29. The molecule has 3 aromatic rings. The maximum atomic E-state index is 12.1. The van der Waals surface area contributed by atoms with Gasteiger partial charge in [-0.2, -0.15) is 5.10 Å². The Bertz CT molecular complexity index is 963. The van der Waals surface area contributed by atoms with Crippen molar-refractivity contribution in [3.8, 4) is 11.3 Å². The summed E-state index contributed by atoms with van der Waals surface area (Å²) in [6.07, 6.45) is 2.05. The van der Waals surface area contributed by atoms with E-state index in [1.807, 2.05) is 49.4 Å². The second-order valence-corrected chi connectivity index (χ2v) is 6.84. The molecule has 3 rings (SSSR count). The van der Waals surface area contributed by atoms with Crippen LogP contribution < -0.4 is 10.9 Å². The first-order valence-corrected chi connectivity index (χ1v) is 9.58. The third kappa shape index (κ3) is 5.64. The van der Waals surface area contributed by atoms with Crippen molar-refractivity contribution >= 4 is 5.91 Å². The molecule has 2 aromatic carbocycles. The standard InChI is InChI=1S/C23H25N3O2/c1-18-9-11-20(12-10-18)21-13-14-23(28)26(25-21)17-15-22(27)24-16-5-8-19-6-3-2-4-7-19/h2-4,6-7,9-14H,5,8,15-17H2,1H3,(H,24,27). The summed E-state index contributed by atoms with van der Waals surface area (Å²) in [5.41, 5.74) is 3.90. The van der Waals surface area contributed by atoms with Gasteiger partial charge in [0.15, 0.2) is 0 Å². The highest BCUT2D eigenvalue weighted by atomic mass is 16.2. The number of rotatable bonds is 8. The van der Waals surface area contributed by atoms with Crippen LogP contribution in [-0.4, -0.2) is 22.2 Å². The monoisotopic (exact) mass is 375 g/mol. The fourth-order valence-corrected chi connectivity index (χ4v) is 2.95. The van der Waals surface area contributed by atoms with Crippen LogP contribution in [0, 0.1) is 6.92 Å². The van der Waals surface area contributed by atoms with Crippen LogP contribution in [-0.2, 0) is 17.8 Å². The lowest BCUT2D eigenvalue weighted by Gasteiger charge is -2.08. The molecule has 1 N–H and O–H groups in total. The molecule has 28 heavy (non-hydrogen) atoms. The molecule has 1 heterocycles. The average Bonchev–Trinajstić information content (AvgIpc) is 2.72. The first-order chi connectivity index (χ1) is 13.6. The van der Waals surface area contributed by atoms with Gasteiger partial charge in [0.05, 0.1) is 12.2 Å². The SMILES string of the molecule is Cc1ccc(-c2ccc(=O)n(CCC(=O)NCCCc3ccccc3)n2)cc1. The van der Waals surface area contributed by atoms with Crippen LogP contribution in [0.1, 0.15) is 24.0 Å². The molecule has 0 atom stereocenters. The molecular formula is C23H25N3O2. The molecule has 144 valence electrons. The number of hydrogen-bond donors (Lipinski definition) is 1. The Morgan fingerprint density at radius 2 is 1.75 bits per heavy atom. The number of benzene rings is 2. The fourth-order valence-electron chi connectivity index (χ4n) is 2.95. The number of nitrogens with zero attached hydrogens (tertiary/aromatic N) is 2. The van der Waals surface area contributed by atoms with Crippen LogP contribution in [0.25, 0.3) is 11.3 Å². The van der Waals surface area contributed by atoms with Gasteiger partial charge in [-0.3, -0.25) is 9.59 Å². The number of nitrogens with one attached hydrogen (secondary N) is 1. The van der Waals surface area contributed by atoms with Crippen LogP contribution in [0.4, 0.5) is 0 Å². The summed E-state index contributed by atoms with van der Waals surface area (Å²) < 4.78 is 1.36. The molecule has 0 spiro atoms. The predicted octanol–water partition coefficient (Wildman–Crippen LogP) is 3.36. The molecule has 0 radical (unpaired) electrons. The van der Waals surface area contributed by atoms with E-state index in [1.165, 1.54) is 21.9 Å². The maximum Gasteiger partial charge on any atom is 0.266 e. The molecule has 0 aliphatic rings. The highest BCUT2D eigenvalue weighted by molar-refractivity contribution is 5.75. The van der Waals surface area contributed by atoms with Gasteiger partial charge in [0, 0.05) is 24.6 Å². The Labute approximate surface area is 165 Å². The first kappa shape index (κ1) is 19.5. The third-order valence-electron chi connectivity index (χ3n) is 4.57. The Balaban J connectivity index is 1.49. The molecule has 0 saturated carbocycles. The summed E-state index contributed by atoms with van der Waals surface area (Å²) in [6.45, 7) is 2.92. The molecule has 0 unspecified atom stereocenters. The van der Waals surface area contributed by atoms with E-state index in [4.69, 9.17) is 0 Å². The molecule has 1 amide bonds. The van der Waals surface area contributed by atoms with Crippen molar-refractivity contribution in [3.05, 3.63) is 88.2 Å². The summed E-state index contributed by atoms with van der Waals surface area (Å²) in [7, 11) is 0. The van der Waals surface area contributed by atoms with E-state index in [1.54, 1.807) is 6.07 Å². The summed E-state index contributed by atoms with van der Waals surface area (Å²) in [6, 6.07) is 21.4. The van der Waals surface area contributed by atoms with Crippen molar-refractivity contribution in [3.63, 3.8) is 0 Å². The summed E-state index contributed by atoms with van der Waals surface area (Å²) in [5.74, 6) is -0.0671. The van der Waals surface area contributed by atoms with E-state index < -0.39 is 0 Å². The van der Waals surface area contributed by atoms with Crippen molar-refractivity contribution in [1.82, 2.24) is 15.1 Å². The molecule has 0 saturated heterocycles. The summed E-state index contributed by atoms with van der Waals surface area (Å²) in [5, 5.41) is 7.32. The van der Waals surface area contributed by atoms with Crippen LogP contribution in [0.5, 0.6) is 0 Å². The second-order valence-electron chi connectivity index (χ2n) is 6.84. The zero-order chi connectivity index (χ0) is 19.8.